The highest BCUT2D eigenvalue weighted by Crippen LogP contribution is 2.14. The van der Waals surface area contributed by atoms with Crippen molar-refractivity contribution in [1.82, 2.24) is 10.6 Å². The molecule has 0 saturated carbocycles. The highest BCUT2D eigenvalue weighted by Gasteiger charge is 2.16. The fourth-order valence-corrected chi connectivity index (χ4v) is 1.81. The van der Waals surface area contributed by atoms with Gasteiger partial charge in [-0.3, -0.25) is 10.1 Å². The van der Waals surface area contributed by atoms with Crippen molar-refractivity contribution in [3.05, 3.63) is 40.6 Å². The summed E-state index contributed by atoms with van der Waals surface area (Å²) in [6, 6.07) is 7.19. The maximum Gasteiger partial charge on any atom is 0.326 e. The number of nitriles is 1. The smallest absolute Gasteiger partial charge is 0.326 e. The quantitative estimate of drug-likeness (QED) is 0.378. The third-order valence-electron chi connectivity index (χ3n) is 2.84. The highest BCUT2D eigenvalue weighted by molar-refractivity contribution is 6.30. The maximum atomic E-state index is 12.0. The molecule has 0 saturated heterocycles. The monoisotopic (exact) mass is 352 g/mol. The van der Waals surface area contributed by atoms with E-state index in [0.29, 0.717) is 10.7 Å². The van der Waals surface area contributed by atoms with Crippen LogP contribution in [0.5, 0.6) is 0 Å². The Labute approximate surface area is 143 Å². The number of imide groups is 1. The Morgan fingerprint density at radius 3 is 2.71 bits per heavy atom. The lowest BCUT2D eigenvalue weighted by molar-refractivity contribution is -0.116. The molecule has 0 spiro atoms. The van der Waals surface area contributed by atoms with Crippen LogP contribution in [0.1, 0.15) is 6.92 Å². The first-order valence-corrected chi connectivity index (χ1v) is 7.26. The van der Waals surface area contributed by atoms with E-state index in [1.807, 2.05) is 5.32 Å². The molecule has 8 nitrogen and oxygen atoms in total. The molecule has 9 heteroatoms. The minimum atomic E-state index is -1.03. The number of anilines is 1. The van der Waals surface area contributed by atoms with E-state index in [4.69, 9.17) is 22.0 Å². The van der Waals surface area contributed by atoms with Gasteiger partial charge in [0, 0.05) is 23.0 Å². The molecule has 5 N–H and O–H groups in total. The predicted molar refractivity (Wildman–Crippen MR) is 88.0 cm³/mol. The zero-order valence-electron chi connectivity index (χ0n) is 12.8. The molecule has 1 atom stereocenters. The van der Waals surface area contributed by atoms with Crippen LogP contribution in [0, 0.1) is 11.3 Å². The van der Waals surface area contributed by atoms with Gasteiger partial charge >= 0.3 is 6.03 Å². The van der Waals surface area contributed by atoms with Crippen LogP contribution >= 0.6 is 11.6 Å². The van der Waals surface area contributed by atoms with Crippen LogP contribution in [-0.2, 0) is 4.79 Å². The van der Waals surface area contributed by atoms with Crippen molar-refractivity contribution in [2.24, 2.45) is 0 Å². The Balaban J connectivity index is 2.69. The molecule has 0 fully saturated rings. The fraction of sp³-hybridized carbons (Fsp3) is 0.267. The van der Waals surface area contributed by atoms with Gasteiger partial charge in [0.05, 0.1) is 12.7 Å². The second kappa shape index (κ2) is 9.52. The predicted octanol–water partition coefficient (Wildman–Crippen LogP) is 0.728. The Morgan fingerprint density at radius 1 is 1.42 bits per heavy atom. The molecule has 0 bridgehead atoms. The number of carbonyl (C=O) groups is 2. The van der Waals surface area contributed by atoms with E-state index in [1.54, 1.807) is 24.3 Å². The summed E-state index contributed by atoms with van der Waals surface area (Å²) in [5.41, 5.74) is 0.232. The lowest BCUT2D eigenvalue weighted by atomic mass is 10.2. The van der Waals surface area contributed by atoms with E-state index in [1.165, 1.54) is 13.0 Å². The van der Waals surface area contributed by atoms with Crippen LogP contribution in [0.3, 0.4) is 0 Å². The molecule has 1 rings (SSSR count). The van der Waals surface area contributed by atoms with Gasteiger partial charge in [0.15, 0.2) is 0 Å². The normalized spacial score (nSPS) is 12.5. The molecule has 128 valence electrons. The Hall–Kier alpha value is -2.60. The van der Waals surface area contributed by atoms with E-state index in [9.17, 15) is 14.7 Å². The van der Waals surface area contributed by atoms with Crippen LogP contribution in [0.25, 0.3) is 0 Å². The number of rotatable bonds is 6. The maximum absolute atomic E-state index is 12.0. The Morgan fingerprint density at radius 2 is 2.12 bits per heavy atom. The third-order valence-corrected chi connectivity index (χ3v) is 3.07. The molecule has 0 aromatic heterocycles. The first kappa shape index (κ1) is 19.4. The second-order valence-electron chi connectivity index (χ2n) is 4.75. The number of nitrogens with zero attached hydrogens (tertiary/aromatic N) is 1. The minimum Gasteiger partial charge on any atom is -0.394 e. The van der Waals surface area contributed by atoms with Crippen LogP contribution in [-0.4, -0.2) is 41.4 Å². The molecule has 24 heavy (non-hydrogen) atoms. The van der Waals surface area contributed by atoms with Gasteiger partial charge in [-0.15, -0.1) is 0 Å². The van der Waals surface area contributed by atoms with E-state index < -0.39 is 24.6 Å². The molecule has 1 aromatic rings. The number of amides is 3. The number of allylic oxidation sites excluding steroid dienone is 1. The van der Waals surface area contributed by atoms with Gasteiger partial charge in [0.25, 0.3) is 5.91 Å². The lowest BCUT2D eigenvalue weighted by Gasteiger charge is -2.12. The second-order valence-corrected chi connectivity index (χ2v) is 5.18. The van der Waals surface area contributed by atoms with Crippen molar-refractivity contribution in [3.8, 4) is 6.07 Å². The molecule has 0 radical (unpaired) electrons. The number of nitrogens with one attached hydrogen (secondary N) is 3. The van der Waals surface area contributed by atoms with Gasteiger partial charge in [-0.1, -0.05) is 17.7 Å². The summed E-state index contributed by atoms with van der Waals surface area (Å²) in [7, 11) is 0. The van der Waals surface area contributed by atoms with Gasteiger partial charge in [0.2, 0.25) is 0 Å². The van der Waals surface area contributed by atoms with Crippen molar-refractivity contribution in [3.63, 3.8) is 0 Å². The van der Waals surface area contributed by atoms with E-state index in [2.05, 4.69) is 10.6 Å². The summed E-state index contributed by atoms with van der Waals surface area (Å²) >= 11 is 5.79. The summed E-state index contributed by atoms with van der Waals surface area (Å²) in [4.78, 5) is 23.7. The highest BCUT2D eigenvalue weighted by atomic mass is 35.5. The number of hydrogen-bond acceptors (Lipinski definition) is 6. The number of aliphatic hydroxyl groups excluding tert-OH is 2. The number of carbonyl (C=O) groups excluding carboxylic acids is 2. The molecule has 0 aliphatic rings. The zero-order valence-corrected chi connectivity index (χ0v) is 13.6. The number of urea groups is 1. The van der Waals surface area contributed by atoms with Crippen molar-refractivity contribution >= 4 is 29.2 Å². The number of benzene rings is 1. The van der Waals surface area contributed by atoms with Gasteiger partial charge in [0.1, 0.15) is 11.6 Å². The van der Waals surface area contributed by atoms with Crippen molar-refractivity contribution in [1.29, 1.82) is 5.26 Å². The van der Waals surface area contributed by atoms with E-state index in [0.717, 1.165) is 0 Å². The van der Waals surface area contributed by atoms with Gasteiger partial charge in [-0.2, -0.15) is 5.26 Å². The topological polar surface area (TPSA) is 134 Å². The van der Waals surface area contributed by atoms with Gasteiger partial charge in [-0.05, 0) is 25.1 Å². The fourth-order valence-electron chi connectivity index (χ4n) is 1.62. The summed E-state index contributed by atoms with van der Waals surface area (Å²) in [5.74, 6) is -0.902. The Bertz CT molecular complexity index is 684. The molecule has 0 heterocycles. The largest absolute Gasteiger partial charge is 0.394 e. The van der Waals surface area contributed by atoms with E-state index >= 15 is 0 Å². The average Bonchev–Trinajstić information content (AvgIpc) is 2.52. The molecule has 0 aliphatic carbocycles. The molecule has 0 unspecified atom stereocenters. The summed E-state index contributed by atoms with van der Waals surface area (Å²) in [6.45, 7) is 0.934. The van der Waals surface area contributed by atoms with E-state index in [-0.39, 0.29) is 17.8 Å². The number of halogens is 1. The summed E-state index contributed by atoms with van der Waals surface area (Å²) in [5, 5.41) is 34.5. The first-order chi connectivity index (χ1) is 11.4. The van der Waals surface area contributed by atoms with Crippen LogP contribution < -0.4 is 16.0 Å². The minimum absolute atomic E-state index is 0.0461. The third kappa shape index (κ3) is 6.26. The van der Waals surface area contributed by atoms with Gasteiger partial charge in [-0.25, -0.2) is 4.79 Å². The lowest BCUT2D eigenvalue weighted by Crippen LogP contribution is -2.37. The average molecular weight is 353 g/mol. The molecule has 3 amide bonds. The van der Waals surface area contributed by atoms with Crippen molar-refractivity contribution in [2.75, 3.05) is 18.5 Å². The number of hydrogen-bond donors (Lipinski definition) is 5. The first-order valence-electron chi connectivity index (χ1n) is 6.89. The molecular formula is C15H17ClN4O4. The summed E-state index contributed by atoms with van der Waals surface area (Å²) in [6.07, 6.45) is -1.03. The molecule has 0 aliphatic heterocycles. The summed E-state index contributed by atoms with van der Waals surface area (Å²) < 4.78 is 0. The van der Waals surface area contributed by atoms with Crippen LogP contribution in [0.15, 0.2) is 35.5 Å². The SMILES string of the molecule is C/C(NC[C@@H](O)CO)=C(/C#N)C(=O)NC(=O)Nc1cccc(Cl)c1. The molecular weight excluding hydrogens is 336 g/mol. The van der Waals surface area contributed by atoms with Crippen molar-refractivity contribution < 1.29 is 19.8 Å². The standard InChI is InChI=1S/C15H17ClN4O4/c1-9(18-7-12(22)8-21)13(6-17)14(23)20-15(24)19-11-4-2-3-10(16)5-11/h2-5,12,18,21-22H,7-8H2,1H3,(H2,19,20,23,24)/b13-9+/t12-/m1/s1. The van der Waals surface area contributed by atoms with Crippen LogP contribution in [0.2, 0.25) is 5.02 Å². The van der Waals surface area contributed by atoms with Gasteiger partial charge < -0.3 is 20.8 Å². The van der Waals surface area contributed by atoms with Crippen molar-refractivity contribution in [2.45, 2.75) is 13.0 Å². The Kier molecular flexibility index (Phi) is 7.71. The number of aliphatic hydroxyl groups is 2. The van der Waals surface area contributed by atoms with Crippen LogP contribution in [0.4, 0.5) is 10.5 Å². The zero-order chi connectivity index (χ0) is 18.1. The molecule has 1 aromatic carbocycles.